The molecule has 0 spiro atoms. The van der Waals surface area contributed by atoms with Gasteiger partial charge in [0.15, 0.2) is 0 Å². The summed E-state index contributed by atoms with van der Waals surface area (Å²) >= 11 is 3.10. The standard InChI is InChI=1S/C10H6BrNO3/c11-5-1-2-9-4-3-8(7-13)6-10(9)12(14)15/h3-4,6-7H,5H2. The van der Waals surface area contributed by atoms with Gasteiger partial charge < -0.3 is 0 Å². The largest absolute Gasteiger partial charge is 0.298 e. The van der Waals surface area contributed by atoms with Gasteiger partial charge in [0, 0.05) is 11.6 Å². The van der Waals surface area contributed by atoms with E-state index in [2.05, 4.69) is 27.8 Å². The smallest absolute Gasteiger partial charge is 0.285 e. The summed E-state index contributed by atoms with van der Waals surface area (Å²) in [5, 5.41) is 11.1. The molecule has 0 aromatic heterocycles. The maximum Gasteiger partial charge on any atom is 0.285 e. The molecule has 1 aromatic carbocycles. The number of carbonyl (C=O) groups is 1. The lowest BCUT2D eigenvalue weighted by Gasteiger charge is -1.96. The van der Waals surface area contributed by atoms with Gasteiger partial charge in [-0.2, -0.15) is 0 Å². The van der Waals surface area contributed by atoms with Crippen LogP contribution >= 0.6 is 15.9 Å². The summed E-state index contributed by atoms with van der Waals surface area (Å²) in [7, 11) is 0. The molecule has 0 radical (unpaired) electrons. The monoisotopic (exact) mass is 267 g/mol. The Morgan fingerprint density at radius 2 is 2.27 bits per heavy atom. The molecule has 1 rings (SSSR count). The van der Waals surface area contributed by atoms with Gasteiger partial charge >= 0.3 is 0 Å². The van der Waals surface area contributed by atoms with Crippen LogP contribution in [0.3, 0.4) is 0 Å². The van der Waals surface area contributed by atoms with Gasteiger partial charge in [-0.15, -0.1) is 0 Å². The molecule has 76 valence electrons. The molecule has 0 saturated carbocycles. The van der Waals surface area contributed by atoms with Gasteiger partial charge in [0.1, 0.15) is 11.8 Å². The van der Waals surface area contributed by atoms with Crippen molar-refractivity contribution in [2.75, 3.05) is 5.33 Å². The third kappa shape index (κ3) is 2.89. The Labute approximate surface area is 94.6 Å². The maximum atomic E-state index is 10.7. The predicted molar refractivity (Wildman–Crippen MR) is 59.2 cm³/mol. The van der Waals surface area contributed by atoms with Crippen LogP contribution in [-0.4, -0.2) is 16.5 Å². The highest BCUT2D eigenvalue weighted by atomic mass is 79.9. The first kappa shape index (κ1) is 11.4. The highest BCUT2D eigenvalue weighted by Gasteiger charge is 2.12. The Bertz CT molecular complexity index is 459. The van der Waals surface area contributed by atoms with E-state index in [0.29, 0.717) is 17.2 Å². The number of carbonyl (C=O) groups excluding carboxylic acids is 1. The predicted octanol–water partition coefficient (Wildman–Crippen LogP) is 2.15. The first-order valence-electron chi connectivity index (χ1n) is 3.97. The van der Waals surface area contributed by atoms with E-state index in [9.17, 15) is 14.9 Å². The average molecular weight is 268 g/mol. The van der Waals surface area contributed by atoms with E-state index in [4.69, 9.17) is 0 Å². The molecular formula is C10H6BrNO3. The van der Waals surface area contributed by atoms with Crippen LogP contribution in [0.1, 0.15) is 15.9 Å². The Morgan fingerprint density at radius 1 is 1.53 bits per heavy atom. The summed E-state index contributed by atoms with van der Waals surface area (Å²) in [6.07, 6.45) is 0.564. The van der Waals surface area contributed by atoms with Crippen molar-refractivity contribution < 1.29 is 9.72 Å². The molecule has 0 aliphatic rings. The van der Waals surface area contributed by atoms with Crippen LogP contribution in [0.5, 0.6) is 0 Å². The van der Waals surface area contributed by atoms with Crippen LogP contribution in [-0.2, 0) is 0 Å². The van der Waals surface area contributed by atoms with Crippen LogP contribution in [0.25, 0.3) is 0 Å². The van der Waals surface area contributed by atoms with Crippen molar-refractivity contribution in [1.82, 2.24) is 0 Å². The van der Waals surface area contributed by atoms with Crippen molar-refractivity contribution in [2.45, 2.75) is 0 Å². The molecule has 0 atom stereocenters. The molecule has 0 bridgehead atoms. The summed E-state index contributed by atoms with van der Waals surface area (Å²) in [6, 6.07) is 4.18. The summed E-state index contributed by atoms with van der Waals surface area (Å²) in [4.78, 5) is 20.6. The van der Waals surface area contributed by atoms with Crippen molar-refractivity contribution >= 4 is 27.9 Å². The van der Waals surface area contributed by atoms with Gasteiger partial charge in [0.05, 0.1) is 10.3 Å². The van der Waals surface area contributed by atoms with Crippen LogP contribution in [0, 0.1) is 22.0 Å². The number of halogens is 1. The van der Waals surface area contributed by atoms with Gasteiger partial charge in [0.25, 0.3) is 5.69 Å². The SMILES string of the molecule is O=Cc1ccc(C#CCBr)c([N+](=O)[O-])c1. The number of nitro groups is 1. The lowest BCUT2D eigenvalue weighted by Crippen LogP contribution is -1.94. The van der Waals surface area contributed by atoms with Gasteiger partial charge in [0.2, 0.25) is 0 Å². The van der Waals surface area contributed by atoms with Crippen LogP contribution in [0.4, 0.5) is 5.69 Å². The molecule has 1 aromatic rings. The summed E-state index contributed by atoms with van der Waals surface area (Å²) in [5.41, 5.74) is 0.434. The number of nitro benzene ring substituents is 1. The van der Waals surface area contributed by atoms with Crippen molar-refractivity contribution in [2.24, 2.45) is 0 Å². The third-order valence-electron chi connectivity index (χ3n) is 1.64. The second kappa shape index (κ2) is 5.27. The lowest BCUT2D eigenvalue weighted by atomic mass is 10.1. The Balaban J connectivity index is 3.27. The quantitative estimate of drug-likeness (QED) is 0.271. The Kier molecular flexibility index (Phi) is 4.01. The first-order valence-corrected chi connectivity index (χ1v) is 5.09. The zero-order valence-electron chi connectivity index (χ0n) is 7.57. The van der Waals surface area contributed by atoms with Gasteiger partial charge in [-0.3, -0.25) is 14.9 Å². The fourth-order valence-corrected chi connectivity index (χ4v) is 1.15. The number of aldehydes is 1. The van der Waals surface area contributed by atoms with E-state index >= 15 is 0 Å². The number of alkyl halides is 1. The molecular weight excluding hydrogens is 262 g/mol. The molecule has 5 heteroatoms. The molecule has 4 nitrogen and oxygen atoms in total. The molecule has 0 heterocycles. The highest BCUT2D eigenvalue weighted by Crippen LogP contribution is 2.18. The molecule has 0 aliphatic heterocycles. The highest BCUT2D eigenvalue weighted by molar-refractivity contribution is 9.09. The fourth-order valence-electron chi connectivity index (χ4n) is 1.01. The summed E-state index contributed by atoms with van der Waals surface area (Å²) in [6.45, 7) is 0. The van der Waals surface area contributed by atoms with E-state index in [-0.39, 0.29) is 11.3 Å². The van der Waals surface area contributed by atoms with Crippen LogP contribution in [0.2, 0.25) is 0 Å². The lowest BCUT2D eigenvalue weighted by molar-refractivity contribution is -0.385. The third-order valence-corrected chi connectivity index (χ3v) is 1.92. The minimum absolute atomic E-state index is 0.145. The fraction of sp³-hybridized carbons (Fsp3) is 0.100. The van der Waals surface area contributed by atoms with E-state index < -0.39 is 4.92 Å². The summed E-state index contributed by atoms with van der Waals surface area (Å²) < 4.78 is 0. The van der Waals surface area contributed by atoms with Crippen molar-refractivity contribution in [3.05, 3.63) is 39.4 Å². The first-order chi connectivity index (χ1) is 7.19. The van der Waals surface area contributed by atoms with Crippen LogP contribution in [0.15, 0.2) is 18.2 Å². The topological polar surface area (TPSA) is 60.2 Å². The normalized spacial score (nSPS) is 8.87. The average Bonchev–Trinajstić information content (AvgIpc) is 2.26. The molecule has 0 aliphatic carbocycles. The Morgan fingerprint density at radius 3 is 2.80 bits per heavy atom. The number of hydrogen-bond acceptors (Lipinski definition) is 3. The molecule has 0 saturated heterocycles. The zero-order chi connectivity index (χ0) is 11.3. The molecule has 15 heavy (non-hydrogen) atoms. The van der Waals surface area contributed by atoms with E-state index in [1.807, 2.05) is 0 Å². The molecule has 0 N–H and O–H groups in total. The van der Waals surface area contributed by atoms with Gasteiger partial charge in [-0.05, 0) is 12.1 Å². The number of nitrogens with zero attached hydrogens (tertiary/aromatic N) is 1. The second-order valence-electron chi connectivity index (χ2n) is 2.59. The van der Waals surface area contributed by atoms with Crippen LogP contribution < -0.4 is 0 Å². The van der Waals surface area contributed by atoms with E-state index in [0.717, 1.165) is 0 Å². The van der Waals surface area contributed by atoms with E-state index in [1.165, 1.54) is 18.2 Å². The molecule has 0 fully saturated rings. The van der Waals surface area contributed by atoms with Gasteiger partial charge in [-0.25, -0.2) is 0 Å². The minimum Gasteiger partial charge on any atom is -0.298 e. The van der Waals surface area contributed by atoms with E-state index in [1.54, 1.807) is 0 Å². The zero-order valence-corrected chi connectivity index (χ0v) is 9.15. The van der Waals surface area contributed by atoms with Crippen molar-refractivity contribution in [1.29, 1.82) is 0 Å². The number of rotatable bonds is 2. The van der Waals surface area contributed by atoms with Gasteiger partial charge in [-0.1, -0.05) is 27.8 Å². The summed E-state index contributed by atoms with van der Waals surface area (Å²) in [5.74, 6) is 5.31. The molecule has 0 amide bonds. The maximum absolute atomic E-state index is 10.7. The second-order valence-corrected chi connectivity index (χ2v) is 3.15. The van der Waals surface area contributed by atoms with Crippen molar-refractivity contribution in [3.63, 3.8) is 0 Å². The molecule has 0 unspecified atom stereocenters. The minimum atomic E-state index is -0.550. The number of benzene rings is 1. The Hall–Kier alpha value is -1.67. The van der Waals surface area contributed by atoms with Crippen molar-refractivity contribution in [3.8, 4) is 11.8 Å². The number of hydrogen-bond donors (Lipinski definition) is 0.